The Kier molecular flexibility index (Phi) is 3.19. The molecule has 0 unspecified atom stereocenters. The molecule has 0 aromatic carbocycles. The van der Waals surface area contributed by atoms with Gasteiger partial charge in [-0.05, 0) is 41.5 Å². The molecule has 13 heavy (non-hydrogen) atoms. The van der Waals surface area contributed by atoms with Gasteiger partial charge in [-0.3, -0.25) is 0 Å². The summed E-state index contributed by atoms with van der Waals surface area (Å²) in [6.45, 7) is 10.9. The van der Waals surface area contributed by atoms with E-state index in [0.717, 1.165) is 0 Å². The zero-order valence-corrected chi connectivity index (χ0v) is 10.1. The van der Waals surface area contributed by atoms with Gasteiger partial charge in [0.25, 0.3) is 10.2 Å². The standard InChI is InChI=1S/C8H20N2O2S/c1-7(2,3)10(8(4,5)6)13(9,11)12/h1-6H3,(H2,9,11,12). The van der Waals surface area contributed by atoms with E-state index in [0.29, 0.717) is 0 Å². The average Bonchev–Trinajstić information content (AvgIpc) is 1.44. The first-order chi connectivity index (χ1) is 5.37. The fourth-order valence-corrected chi connectivity index (χ4v) is 3.30. The van der Waals surface area contributed by atoms with Gasteiger partial charge in [-0.15, -0.1) is 0 Å². The SMILES string of the molecule is CC(C)(C)N(C(C)(C)C)S(N)(=O)=O. The van der Waals surface area contributed by atoms with E-state index in [2.05, 4.69) is 0 Å². The van der Waals surface area contributed by atoms with Crippen molar-refractivity contribution >= 4 is 10.2 Å². The van der Waals surface area contributed by atoms with Crippen LogP contribution in [-0.4, -0.2) is 23.8 Å². The molecule has 0 aliphatic rings. The van der Waals surface area contributed by atoms with Crippen molar-refractivity contribution in [2.75, 3.05) is 0 Å². The minimum absolute atomic E-state index is 0.494. The summed E-state index contributed by atoms with van der Waals surface area (Å²) in [6, 6.07) is 0. The van der Waals surface area contributed by atoms with Crippen LogP contribution in [-0.2, 0) is 10.2 Å². The first-order valence-corrected chi connectivity index (χ1v) is 5.70. The lowest BCUT2D eigenvalue weighted by Crippen LogP contribution is -2.57. The van der Waals surface area contributed by atoms with Crippen LogP contribution in [0.5, 0.6) is 0 Å². The number of rotatable bonds is 1. The van der Waals surface area contributed by atoms with Gasteiger partial charge in [0.1, 0.15) is 0 Å². The molecule has 2 N–H and O–H groups in total. The molecular weight excluding hydrogens is 188 g/mol. The van der Waals surface area contributed by atoms with Gasteiger partial charge in [0, 0.05) is 11.1 Å². The van der Waals surface area contributed by atoms with Crippen LogP contribution in [0.4, 0.5) is 0 Å². The monoisotopic (exact) mass is 208 g/mol. The van der Waals surface area contributed by atoms with E-state index in [-0.39, 0.29) is 0 Å². The molecule has 0 bridgehead atoms. The van der Waals surface area contributed by atoms with Gasteiger partial charge in [0.2, 0.25) is 0 Å². The Morgan fingerprint density at radius 2 is 1.15 bits per heavy atom. The number of nitrogens with two attached hydrogens (primary N) is 1. The van der Waals surface area contributed by atoms with Crippen molar-refractivity contribution < 1.29 is 8.42 Å². The van der Waals surface area contributed by atoms with Crippen LogP contribution >= 0.6 is 0 Å². The topological polar surface area (TPSA) is 63.4 Å². The number of nitrogens with zero attached hydrogens (tertiary/aromatic N) is 1. The second-order valence-corrected chi connectivity index (χ2v) is 6.55. The highest BCUT2D eigenvalue weighted by molar-refractivity contribution is 7.86. The van der Waals surface area contributed by atoms with Crippen LogP contribution in [0.1, 0.15) is 41.5 Å². The fraction of sp³-hybridized carbons (Fsp3) is 1.00. The highest BCUT2D eigenvalue weighted by Crippen LogP contribution is 2.26. The summed E-state index contributed by atoms with van der Waals surface area (Å²) in [5.41, 5.74) is -0.988. The van der Waals surface area contributed by atoms with E-state index in [1.165, 1.54) is 4.31 Å². The summed E-state index contributed by atoms with van der Waals surface area (Å²) < 4.78 is 24.0. The molecule has 0 atom stereocenters. The first-order valence-electron chi connectivity index (χ1n) is 4.20. The molecular formula is C8H20N2O2S. The normalized spacial score (nSPS) is 15.1. The summed E-state index contributed by atoms with van der Waals surface area (Å²) in [5.74, 6) is 0. The molecule has 0 rings (SSSR count). The maximum absolute atomic E-state index is 11.3. The van der Waals surface area contributed by atoms with Gasteiger partial charge in [0.05, 0.1) is 0 Å². The quantitative estimate of drug-likeness (QED) is 0.701. The zero-order chi connectivity index (χ0) is 11.1. The van der Waals surface area contributed by atoms with Gasteiger partial charge in [0.15, 0.2) is 0 Å². The molecule has 0 heterocycles. The minimum Gasteiger partial charge on any atom is -0.216 e. The Labute approximate surface area is 81.3 Å². The predicted octanol–water partition coefficient (Wildman–Crippen LogP) is 1.09. The highest BCUT2D eigenvalue weighted by atomic mass is 32.2. The summed E-state index contributed by atoms with van der Waals surface area (Å²) >= 11 is 0. The number of hydrogen-bond donors (Lipinski definition) is 1. The Morgan fingerprint density at radius 3 is 1.15 bits per heavy atom. The van der Waals surface area contributed by atoms with Crippen LogP contribution in [0.15, 0.2) is 0 Å². The summed E-state index contributed by atoms with van der Waals surface area (Å²) in [6.07, 6.45) is 0. The Balaban J connectivity index is 5.28. The zero-order valence-electron chi connectivity index (χ0n) is 9.25. The van der Waals surface area contributed by atoms with Crippen LogP contribution in [0.25, 0.3) is 0 Å². The van der Waals surface area contributed by atoms with Crippen LogP contribution in [0.3, 0.4) is 0 Å². The lowest BCUT2D eigenvalue weighted by molar-refractivity contribution is 0.140. The van der Waals surface area contributed by atoms with Crippen molar-refractivity contribution in [3.05, 3.63) is 0 Å². The van der Waals surface area contributed by atoms with Gasteiger partial charge in [-0.25, -0.2) is 5.14 Å². The van der Waals surface area contributed by atoms with Crippen LogP contribution in [0.2, 0.25) is 0 Å². The molecule has 0 radical (unpaired) electrons. The van der Waals surface area contributed by atoms with Crippen molar-refractivity contribution in [3.8, 4) is 0 Å². The average molecular weight is 208 g/mol. The van der Waals surface area contributed by atoms with Crippen molar-refractivity contribution in [2.45, 2.75) is 52.6 Å². The third kappa shape index (κ3) is 3.62. The van der Waals surface area contributed by atoms with Crippen LogP contribution < -0.4 is 5.14 Å². The lowest BCUT2D eigenvalue weighted by Gasteiger charge is -2.42. The molecule has 0 saturated carbocycles. The van der Waals surface area contributed by atoms with Gasteiger partial charge in [-0.2, -0.15) is 12.7 Å². The van der Waals surface area contributed by atoms with E-state index in [1.807, 2.05) is 41.5 Å². The molecule has 0 aliphatic carbocycles. The summed E-state index contributed by atoms with van der Waals surface area (Å²) in [4.78, 5) is 0. The molecule has 80 valence electrons. The van der Waals surface area contributed by atoms with E-state index < -0.39 is 21.3 Å². The Bertz CT molecular complexity index is 255. The highest BCUT2D eigenvalue weighted by Gasteiger charge is 2.38. The molecule has 0 aromatic heterocycles. The van der Waals surface area contributed by atoms with E-state index >= 15 is 0 Å². The maximum Gasteiger partial charge on any atom is 0.277 e. The minimum atomic E-state index is -3.65. The first kappa shape index (κ1) is 12.9. The third-order valence-electron chi connectivity index (χ3n) is 1.47. The molecule has 5 heteroatoms. The number of hydrogen-bond acceptors (Lipinski definition) is 2. The van der Waals surface area contributed by atoms with Crippen LogP contribution in [0, 0.1) is 0 Å². The lowest BCUT2D eigenvalue weighted by atomic mass is 10.0. The summed E-state index contributed by atoms with van der Waals surface area (Å²) in [7, 11) is -3.65. The Hall–Kier alpha value is -0.130. The molecule has 0 fully saturated rings. The second-order valence-electron chi connectivity index (χ2n) is 5.15. The largest absolute Gasteiger partial charge is 0.277 e. The van der Waals surface area contributed by atoms with Crippen molar-refractivity contribution in [3.63, 3.8) is 0 Å². The Morgan fingerprint density at radius 1 is 0.923 bits per heavy atom. The molecule has 4 nitrogen and oxygen atoms in total. The predicted molar refractivity (Wildman–Crippen MR) is 54.5 cm³/mol. The van der Waals surface area contributed by atoms with E-state index in [4.69, 9.17) is 5.14 Å². The molecule has 0 spiro atoms. The molecule has 0 amide bonds. The molecule has 0 aromatic rings. The smallest absolute Gasteiger partial charge is 0.216 e. The molecule has 0 aliphatic heterocycles. The van der Waals surface area contributed by atoms with E-state index in [1.54, 1.807) is 0 Å². The third-order valence-corrected chi connectivity index (χ3v) is 3.08. The fourth-order valence-electron chi connectivity index (χ4n) is 1.77. The van der Waals surface area contributed by atoms with Gasteiger partial charge in [-0.1, -0.05) is 0 Å². The maximum atomic E-state index is 11.3. The van der Waals surface area contributed by atoms with Gasteiger partial charge >= 0.3 is 0 Å². The van der Waals surface area contributed by atoms with Gasteiger partial charge < -0.3 is 0 Å². The molecule has 0 saturated heterocycles. The van der Waals surface area contributed by atoms with E-state index in [9.17, 15) is 8.42 Å². The van der Waals surface area contributed by atoms with Crippen molar-refractivity contribution in [1.82, 2.24) is 4.31 Å². The van der Waals surface area contributed by atoms with Crippen molar-refractivity contribution in [1.29, 1.82) is 0 Å². The van der Waals surface area contributed by atoms with Crippen molar-refractivity contribution in [2.24, 2.45) is 5.14 Å². The second kappa shape index (κ2) is 3.22. The summed E-state index contributed by atoms with van der Waals surface area (Å²) in [5, 5.41) is 5.15.